The summed E-state index contributed by atoms with van der Waals surface area (Å²) in [4.78, 5) is 8.70. The van der Waals surface area contributed by atoms with Gasteiger partial charge in [-0.3, -0.25) is 0 Å². The number of aryl methyl sites for hydroxylation is 1. The molecule has 5 heteroatoms. The number of benzene rings is 1. The molecule has 0 bridgehead atoms. The Hall–Kier alpha value is -2.14. The van der Waals surface area contributed by atoms with Crippen molar-refractivity contribution in [2.75, 3.05) is 11.9 Å². The van der Waals surface area contributed by atoms with Gasteiger partial charge in [-0.15, -0.1) is 0 Å². The largest absolute Gasteiger partial charge is 0.507 e. The fourth-order valence-corrected chi connectivity index (χ4v) is 2.34. The first-order valence-corrected chi connectivity index (χ1v) is 7.58. The molecule has 0 fully saturated rings. The summed E-state index contributed by atoms with van der Waals surface area (Å²) in [5.74, 6) is 1.97. The summed E-state index contributed by atoms with van der Waals surface area (Å²) in [6.45, 7) is 6.94. The van der Waals surface area contributed by atoms with Gasteiger partial charge in [0.25, 0.3) is 0 Å². The Morgan fingerprint density at radius 2 is 2.05 bits per heavy atom. The van der Waals surface area contributed by atoms with Gasteiger partial charge in [-0.05, 0) is 37.5 Å². The molecule has 2 aromatic rings. The van der Waals surface area contributed by atoms with Gasteiger partial charge in [0.05, 0.1) is 5.56 Å². The number of phenolic OH excluding ortho intramolecular Hbond substituents is 1. The van der Waals surface area contributed by atoms with E-state index < -0.39 is 0 Å². The first-order chi connectivity index (χ1) is 10.5. The Bertz CT molecular complexity index is 628. The molecule has 0 spiro atoms. The number of aromatic nitrogens is 2. The van der Waals surface area contributed by atoms with Crippen LogP contribution in [0.4, 0.5) is 5.82 Å². The molecule has 0 unspecified atom stereocenters. The quantitative estimate of drug-likeness (QED) is 0.764. The third-order valence-electron chi connectivity index (χ3n) is 3.37. The van der Waals surface area contributed by atoms with Gasteiger partial charge in [-0.2, -0.15) is 0 Å². The van der Waals surface area contributed by atoms with Crippen LogP contribution in [0.25, 0.3) is 11.4 Å². The zero-order valence-electron chi connectivity index (χ0n) is 13.4. The van der Waals surface area contributed by atoms with Crippen LogP contribution in [0.1, 0.15) is 25.8 Å². The van der Waals surface area contributed by atoms with Crippen LogP contribution >= 0.6 is 0 Å². The number of nitrogens with two attached hydrogens (primary N) is 1. The van der Waals surface area contributed by atoms with Gasteiger partial charge in [0.15, 0.2) is 5.82 Å². The Labute approximate surface area is 131 Å². The highest BCUT2D eigenvalue weighted by Gasteiger charge is 2.10. The fourth-order valence-electron chi connectivity index (χ4n) is 2.34. The average molecular weight is 300 g/mol. The first kappa shape index (κ1) is 16.2. The Morgan fingerprint density at radius 1 is 1.27 bits per heavy atom. The van der Waals surface area contributed by atoms with Gasteiger partial charge in [0.1, 0.15) is 11.6 Å². The normalized spacial score (nSPS) is 12.4. The number of nitrogens with one attached hydrogen (secondary N) is 1. The molecule has 0 aliphatic carbocycles. The van der Waals surface area contributed by atoms with E-state index in [-0.39, 0.29) is 11.8 Å². The molecule has 1 heterocycles. The van der Waals surface area contributed by atoms with Gasteiger partial charge in [-0.1, -0.05) is 25.5 Å². The highest BCUT2D eigenvalue weighted by Crippen LogP contribution is 2.27. The van der Waals surface area contributed by atoms with E-state index in [9.17, 15) is 5.11 Å². The van der Waals surface area contributed by atoms with Gasteiger partial charge >= 0.3 is 0 Å². The lowest BCUT2D eigenvalue weighted by molar-refractivity contribution is 0.476. The number of anilines is 1. The standard InChI is InChI=1S/C17H24N4O/c1-11(2)8-13(18)10-20-16-6-7-19-17(21-16)14-9-12(3)4-5-15(14)22/h4-7,9,11,13,22H,8,10,18H2,1-3H3,(H,19,20,21)/t13-/m0/s1. The van der Waals surface area contributed by atoms with E-state index in [0.29, 0.717) is 29.7 Å². The Kier molecular flexibility index (Phi) is 5.33. The van der Waals surface area contributed by atoms with Crippen LogP contribution in [-0.4, -0.2) is 27.7 Å². The van der Waals surface area contributed by atoms with Crippen molar-refractivity contribution in [3.63, 3.8) is 0 Å². The summed E-state index contributed by atoms with van der Waals surface area (Å²) in [6.07, 6.45) is 2.64. The minimum Gasteiger partial charge on any atom is -0.507 e. The molecule has 0 saturated heterocycles. The molecular weight excluding hydrogens is 276 g/mol. The van der Waals surface area contributed by atoms with Crippen molar-refractivity contribution >= 4 is 5.82 Å². The lowest BCUT2D eigenvalue weighted by Gasteiger charge is -2.15. The Morgan fingerprint density at radius 3 is 2.77 bits per heavy atom. The molecule has 0 radical (unpaired) electrons. The van der Waals surface area contributed by atoms with Crippen molar-refractivity contribution in [1.82, 2.24) is 9.97 Å². The van der Waals surface area contributed by atoms with Crippen LogP contribution in [0.15, 0.2) is 30.5 Å². The second-order valence-electron chi connectivity index (χ2n) is 6.06. The van der Waals surface area contributed by atoms with Gasteiger partial charge < -0.3 is 16.2 Å². The van der Waals surface area contributed by atoms with Crippen LogP contribution in [0.2, 0.25) is 0 Å². The van der Waals surface area contributed by atoms with Crippen molar-refractivity contribution in [1.29, 1.82) is 0 Å². The number of nitrogens with zero attached hydrogens (tertiary/aromatic N) is 2. The van der Waals surface area contributed by atoms with E-state index >= 15 is 0 Å². The number of rotatable bonds is 6. The molecule has 0 saturated carbocycles. The molecule has 0 amide bonds. The van der Waals surface area contributed by atoms with E-state index in [1.165, 1.54) is 0 Å². The zero-order valence-corrected chi connectivity index (χ0v) is 13.4. The minimum atomic E-state index is 0.0887. The van der Waals surface area contributed by atoms with Gasteiger partial charge in [0, 0.05) is 18.8 Å². The smallest absolute Gasteiger partial charge is 0.165 e. The summed E-state index contributed by atoms with van der Waals surface area (Å²) in [7, 11) is 0. The SMILES string of the molecule is Cc1ccc(O)c(-c2nccc(NC[C@@H](N)CC(C)C)n2)c1. The second kappa shape index (κ2) is 7.22. The third kappa shape index (κ3) is 4.43. The number of aromatic hydroxyl groups is 1. The molecule has 1 aromatic heterocycles. The predicted octanol–water partition coefficient (Wildman–Crippen LogP) is 2.94. The van der Waals surface area contributed by atoms with Crippen LogP contribution < -0.4 is 11.1 Å². The summed E-state index contributed by atoms with van der Waals surface area (Å²) < 4.78 is 0. The molecule has 22 heavy (non-hydrogen) atoms. The summed E-state index contributed by atoms with van der Waals surface area (Å²) in [5.41, 5.74) is 7.75. The van der Waals surface area contributed by atoms with E-state index in [4.69, 9.17) is 5.73 Å². The third-order valence-corrected chi connectivity index (χ3v) is 3.37. The van der Waals surface area contributed by atoms with E-state index in [1.54, 1.807) is 18.3 Å². The lowest BCUT2D eigenvalue weighted by Crippen LogP contribution is -2.30. The van der Waals surface area contributed by atoms with E-state index in [2.05, 4.69) is 29.1 Å². The molecule has 1 aromatic carbocycles. The first-order valence-electron chi connectivity index (χ1n) is 7.58. The predicted molar refractivity (Wildman–Crippen MR) is 89.8 cm³/mol. The van der Waals surface area contributed by atoms with Gasteiger partial charge in [0.2, 0.25) is 0 Å². The van der Waals surface area contributed by atoms with Crippen LogP contribution in [0.3, 0.4) is 0 Å². The highest BCUT2D eigenvalue weighted by molar-refractivity contribution is 5.65. The topological polar surface area (TPSA) is 84.1 Å². The van der Waals surface area contributed by atoms with Crippen molar-refractivity contribution in [3.8, 4) is 17.1 Å². The van der Waals surface area contributed by atoms with Crippen molar-refractivity contribution in [3.05, 3.63) is 36.0 Å². The summed E-state index contributed by atoms with van der Waals surface area (Å²) >= 11 is 0. The van der Waals surface area contributed by atoms with Crippen molar-refractivity contribution in [2.45, 2.75) is 33.2 Å². The fraction of sp³-hybridized carbons (Fsp3) is 0.412. The maximum absolute atomic E-state index is 9.98. The number of hydrogen-bond donors (Lipinski definition) is 3. The van der Waals surface area contributed by atoms with Gasteiger partial charge in [-0.25, -0.2) is 9.97 Å². The second-order valence-corrected chi connectivity index (χ2v) is 6.06. The molecule has 118 valence electrons. The van der Waals surface area contributed by atoms with E-state index in [0.717, 1.165) is 12.0 Å². The zero-order chi connectivity index (χ0) is 16.1. The molecule has 0 aliphatic rings. The highest BCUT2D eigenvalue weighted by atomic mass is 16.3. The molecule has 5 nitrogen and oxygen atoms in total. The maximum Gasteiger partial charge on any atom is 0.165 e. The van der Waals surface area contributed by atoms with E-state index in [1.807, 2.05) is 19.1 Å². The van der Waals surface area contributed by atoms with Crippen LogP contribution in [0.5, 0.6) is 5.75 Å². The molecule has 0 aliphatic heterocycles. The molecule has 1 atom stereocenters. The molecule has 2 rings (SSSR count). The summed E-state index contributed by atoms with van der Waals surface area (Å²) in [5, 5.41) is 13.2. The summed E-state index contributed by atoms with van der Waals surface area (Å²) in [6, 6.07) is 7.28. The van der Waals surface area contributed by atoms with Crippen molar-refractivity contribution < 1.29 is 5.11 Å². The van der Waals surface area contributed by atoms with Crippen molar-refractivity contribution in [2.24, 2.45) is 11.7 Å². The minimum absolute atomic E-state index is 0.0887. The molecular formula is C17H24N4O. The Balaban J connectivity index is 2.11. The average Bonchev–Trinajstić information content (AvgIpc) is 2.47. The maximum atomic E-state index is 9.98. The number of hydrogen-bond acceptors (Lipinski definition) is 5. The monoisotopic (exact) mass is 300 g/mol. The van der Waals surface area contributed by atoms with Crippen LogP contribution in [-0.2, 0) is 0 Å². The molecule has 4 N–H and O–H groups in total. The lowest BCUT2D eigenvalue weighted by atomic mass is 10.0. The van der Waals surface area contributed by atoms with Crippen LogP contribution in [0, 0.1) is 12.8 Å². The number of phenols is 1.